The lowest BCUT2D eigenvalue weighted by molar-refractivity contribution is 0.417. The molecule has 0 unspecified atom stereocenters. The average molecular weight is 407 g/mol. The summed E-state index contributed by atoms with van der Waals surface area (Å²) in [5.41, 5.74) is 2.33. The lowest BCUT2D eigenvalue weighted by Gasteiger charge is -2.23. The molecule has 1 aromatic carbocycles. The van der Waals surface area contributed by atoms with E-state index in [-0.39, 0.29) is 17.3 Å². The smallest absolute Gasteiger partial charge is 0.197 e. The van der Waals surface area contributed by atoms with E-state index in [1.54, 1.807) is 30.9 Å². The first-order chi connectivity index (χ1) is 14.4. The van der Waals surface area contributed by atoms with Crippen molar-refractivity contribution in [3.8, 4) is 11.6 Å². The van der Waals surface area contributed by atoms with Crippen LogP contribution in [0.5, 0.6) is 0 Å². The van der Waals surface area contributed by atoms with E-state index in [4.69, 9.17) is 0 Å². The molecule has 7 heteroatoms. The van der Waals surface area contributed by atoms with Gasteiger partial charge in [0.1, 0.15) is 0 Å². The molecule has 1 saturated heterocycles. The normalized spacial score (nSPS) is 22.3. The first-order valence-corrected chi connectivity index (χ1v) is 10.2. The maximum atomic E-state index is 14.5. The highest BCUT2D eigenvalue weighted by Crippen LogP contribution is 2.55. The lowest BCUT2D eigenvalue weighted by atomic mass is 9.93. The molecule has 1 saturated carbocycles. The summed E-state index contributed by atoms with van der Waals surface area (Å²) >= 11 is 0. The Balaban J connectivity index is 1.36. The minimum absolute atomic E-state index is 0.114. The van der Waals surface area contributed by atoms with Crippen LogP contribution in [0.1, 0.15) is 49.7 Å². The van der Waals surface area contributed by atoms with E-state index in [0.717, 1.165) is 37.1 Å². The van der Waals surface area contributed by atoms with Gasteiger partial charge in [0.15, 0.2) is 23.3 Å². The highest BCUT2D eigenvalue weighted by atomic mass is 19.2. The Morgan fingerprint density at radius 2 is 1.60 bits per heavy atom. The zero-order chi connectivity index (χ0) is 20.9. The largest absolute Gasteiger partial charge is 0.369 e. The van der Waals surface area contributed by atoms with Gasteiger partial charge in [0, 0.05) is 37.9 Å². The van der Waals surface area contributed by atoms with Crippen molar-refractivity contribution in [2.24, 2.45) is 5.41 Å². The summed E-state index contributed by atoms with van der Waals surface area (Å²) in [4.78, 5) is 19.1. The van der Waals surface area contributed by atoms with Crippen LogP contribution in [0.3, 0.4) is 0 Å². The predicted molar refractivity (Wildman–Crippen MR) is 110 cm³/mol. The van der Waals surface area contributed by atoms with Gasteiger partial charge in [-0.25, -0.2) is 28.7 Å². The quantitative estimate of drug-likeness (QED) is 0.626. The Bertz CT molecular complexity index is 1070. The van der Waals surface area contributed by atoms with Crippen molar-refractivity contribution in [1.82, 2.24) is 19.9 Å². The van der Waals surface area contributed by atoms with Gasteiger partial charge >= 0.3 is 0 Å². The molecule has 5 nitrogen and oxygen atoms in total. The average Bonchev–Trinajstić information content (AvgIpc) is 3.47. The van der Waals surface area contributed by atoms with Crippen LogP contribution in [0.4, 0.5) is 14.5 Å². The molecule has 30 heavy (non-hydrogen) atoms. The monoisotopic (exact) mass is 407 g/mol. The van der Waals surface area contributed by atoms with Crippen LogP contribution in [0.15, 0.2) is 43.0 Å². The van der Waals surface area contributed by atoms with Gasteiger partial charge in [-0.15, -0.1) is 0 Å². The maximum Gasteiger partial charge on any atom is 0.197 e. The number of aromatic nitrogens is 4. The number of anilines is 1. The second-order valence-corrected chi connectivity index (χ2v) is 9.03. The van der Waals surface area contributed by atoms with E-state index in [0.29, 0.717) is 17.3 Å². The first-order valence-electron chi connectivity index (χ1n) is 10.2. The molecule has 2 aromatic heterocycles. The Kier molecular flexibility index (Phi) is 4.49. The van der Waals surface area contributed by atoms with Gasteiger partial charge in [0.25, 0.3) is 0 Å². The third-order valence-electron chi connectivity index (χ3n) is 6.13. The fourth-order valence-electron chi connectivity index (χ4n) is 4.35. The minimum atomic E-state index is -0.773. The van der Waals surface area contributed by atoms with Crippen LogP contribution in [0.2, 0.25) is 0 Å². The molecule has 1 aliphatic heterocycles. The van der Waals surface area contributed by atoms with Crippen molar-refractivity contribution in [3.63, 3.8) is 0 Å². The van der Waals surface area contributed by atoms with E-state index >= 15 is 0 Å². The topological polar surface area (TPSA) is 54.8 Å². The molecule has 2 aliphatic rings. The zero-order valence-corrected chi connectivity index (χ0v) is 17.0. The van der Waals surface area contributed by atoms with Crippen molar-refractivity contribution >= 4 is 5.69 Å². The Labute approximate surface area is 174 Å². The molecule has 3 aromatic rings. The molecule has 2 atom stereocenters. The van der Waals surface area contributed by atoms with Gasteiger partial charge in [-0.2, -0.15) is 0 Å². The summed E-state index contributed by atoms with van der Waals surface area (Å²) in [6.45, 7) is 5.80. The summed E-state index contributed by atoms with van der Waals surface area (Å²) in [7, 11) is 0. The summed E-state index contributed by atoms with van der Waals surface area (Å²) in [5, 5.41) is 0. The summed E-state index contributed by atoms with van der Waals surface area (Å²) in [6, 6.07) is 4.92. The standard InChI is InChI=1S/C23H23F2N5/c1-23(2)4-7-30(13-23)19-9-14(8-18(24)20(19)25)16-10-17(16)15-11-28-22(29-12-15)21-26-5-3-6-27-21/h3,5-6,8-9,11-12,16-17H,4,7,10,13H2,1-2H3/t16-,17-/m0/s1. The predicted octanol–water partition coefficient (Wildman–Crippen LogP) is 4.72. The van der Waals surface area contributed by atoms with Gasteiger partial charge in [-0.1, -0.05) is 13.8 Å². The Hall–Kier alpha value is -2.96. The second-order valence-electron chi connectivity index (χ2n) is 9.03. The van der Waals surface area contributed by atoms with Crippen LogP contribution in [0.25, 0.3) is 11.6 Å². The number of hydrogen-bond donors (Lipinski definition) is 0. The number of nitrogens with zero attached hydrogens (tertiary/aromatic N) is 5. The lowest BCUT2D eigenvalue weighted by Crippen LogP contribution is -2.24. The molecule has 1 aliphatic carbocycles. The van der Waals surface area contributed by atoms with Crippen LogP contribution in [-0.2, 0) is 0 Å². The van der Waals surface area contributed by atoms with E-state index in [1.807, 2.05) is 11.0 Å². The van der Waals surface area contributed by atoms with Crippen molar-refractivity contribution in [1.29, 1.82) is 0 Å². The SMILES string of the molecule is CC1(C)CCN(c2cc([C@@H]3C[C@H]3c3cnc(-c4ncccn4)nc3)cc(F)c2F)C1. The highest BCUT2D eigenvalue weighted by Gasteiger charge is 2.41. The van der Waals surface area contributed by atoms with Crippen LogP contribution < -0.4 is 4.90 Å². The zero-order valence-electron chi connectivity index (χ0n) is 17.0. The third kappa shape index (κ3) is 3.53. The molecular formula is C23H23F2N5. The van der Waals surface area contributed by atoms with E-state index in [2.05, 4.69) is 33.8 Å². The molecule has 0 bridgehead atoms. The van der Waals surface area contributed by atoms with Crippen molar-refractivity contribution < 1.29 is 8.78 Å². The summed E-state index contributed by atoms with van der Waals surface area (Å²) in [5.74, 6) is -0.200. The molecule has 0 N–H and O–H groups in total. The van der Waals surface area contributed by atoms with Crippen LogP contribution in [-0.4, -0.2) is 33.0 Å². The molecule has 0 spiro atoms. The fraction of sp³-hybridized carbons (Fsp3) is 0.391. The molecular weight excluding hydrogens is 384 g/mol. The maximum absolute atomic E-state index is 14.5. The molecule has 0 amide bonds. The van der Waals surface area contributed by atoms with Crippen molar-refractivity contribution in [3.05, 3.63) is 65.7 Å². The second kappa shape index (κ2) is 7.07. The fourth-order valence-corrected chi connectivity index (χ4v) is 4.35. The molecule has 3 heterocycles. The molecule has 0 radical (unpaired) electrons. The number of rotatable bonds is 4. The first kappa shape index (κ1) is 19.0. The summed E-state index contributed by atoms with van der Waals surface area (Å²) < 4.78 is 29.0. The minimum Gasteiger partial charge on any atom is -0.369 e. The van der Waals surface area contributed by atoms with E-state index < -0.39 is 11.6 Å². The number of benzene rings is 1. The van der Waals surface area contributed by atoms with Crippen LogP contribution >= 0.6 is 0 Å². The molecule has 5 rings (SSSR count). The summed E-state index contributed by atoms with van der Waals surface area (Å²) in [6.07, 6.45) is 8.72. The number of halogens is 2. The van der Waals surface area contributed by atoms with E-state index in [9.17, 15) is 8.78 Å². The third-order valence-corrected chi connectivity index (χ3v) is 6.13. The van der Waals surface area contributed by atoms with Crippen molar-refractivity contribution in [2.45, 2.75) is 38.5 Å². The Morgan fingerprint density at radius 3 is 2.27 bits per heavy atom. The van der Waals surface area contributed by atoms with Gasteiger partial charge < -0.3 is 4.90 Å². The van der Waals surface area contributed by atoms with Crippen LogP contribution in [0, 0.1) is 17.0 Å². The molecule has 2 fully saturated rings. The van der Waals surface area contributed by atoms with Crippen molar-refractivity contribution in [2.75, 3.05) is 18.0 Å². The van der Waals surface area contributed by atoms with Gasteiger partial charge in [-0.05, 0) is 59.4 Å². The highest BCUT2D eigenvalue weighted by molar-refractivity contribution is 5.54. The Morgan fingerprint density at radius 1 is 0.933 bits per heavy atom. The molecule has 154 valence electrons. The van der Waals surface area contributed by atoms with Gasteiger partial charge in [0.05, 0.1) is 5.69 Å². The van der Waals surface area contributed by atoms with Gasteiger partial charge in [-0.3, -0.25) is 0 Å². The van der Waals surface area contributed by atoms with Gasteiger partial charge in [0.2, 0.25) is 0 Å². The van der Waals surface area contributed by atoms with E-state index in [1.165, 1.54) is 6.07 Å². The number of hydrogen-bond acceptors (Lipinski definition) is 5.